The van der Waals surface area contributed by atoms with Gasteiger partial charge >= 0.3 is 5.97 Å². The second kappa shape index (κ2) is 38.3. The largest absolute Gasteiger partial charge is 0.463 e. The Morgan fingerprint density at radius 2 is 0.619 bits per heavy atom. The van der Waals surface area contributed by atoms with Crippen molar-refractivity contribution < 1.29 is 33.2 Å². The highest BCUT2D eigenvalue weighted by atomic mass is 16.6. The summed E-state index contributed by atoms with van der Waals surface area (Å²) in [7, 11) is 0. The Kier molecular flexibility index (Phi) is 37.6. The molecule has 42 heavy (non-hydrogen) atoms. The Hall–Kier alpha value is -0.730. The van der Waals surface area contributed by atoms with E-state index in [0.29, 0.717) is 72.5 Å². The molecule has 0 saturated heterocycles. The first-order valence-electron chi connectivity index (χ1n) is 17.9. The SMILES string of the molecule is CCCCCCCCCCCCCCCCCC(=O)OCCOCCOCCOCCOCCOCCCCCCC. The fourth-order valence-electron chi connectivity index (χ4n) is 4.72. The summed E-state index contributed by atoms with van der Waals surface area (Å²) >= 11 is 0. The fourth-order valence-corrected chi connectivity index (χ4v) is 4.72. The van der Waals surface area contributed by atoms with E-state index in [1.54, 1.807) is 0 Å². The van der Waals surface area contributed by atoms with E-state index in [9.17, 15) is 4.79 Å². The molecular formula is C35H70O7. The predicted octanol–water partition coefficient (Wildman–Crippen LogP) is 8.84. The molecule has 0 fully saturated rings. The molecule has 252 valence electrons. The van der Waals surface area contributed by atoms with Crippen molar-refractivity contribution in [2.75, 3.05) is 72.7 Å². The molecule has 0 radical (unpaired) electrons. The van der Waals surface area contributed by atoms with E-state index in [-0.39, 0.29) is 5.97 Å². The first kappa shape index (κ1) is 41.3. The molecule has 0 spiro atoms. The molecule has 0 bridgehead atoms. The van der Waals surface area contributed by atoms with Gasteiger partial charge in [-0.1, -0.05) is 129 Å². The average Bonchev–Trinajstić information content (AvgIpc) is 3.00. The highest BCUT2D eigenvalue weighted by molar-refractivity contribution is 5.69. The molecule has 0 unspecified atom stereocenters. The number of carbonyl (C=O) groups is 1. The van der Waals surface area contributed by atoms with Gasteiger partial charge in [-0.25, -0.2) is 0 Å². The van der Waals surface area contributed by atoms with Crippen LogP contribution >= 0.6 is 0 Å². The van der Waals surface area contributed by atoms with Gasteiger partial charge in [0.2, 0.25) is 0 Å². The van der Waals surface area contributed by atoms with Crippen LogP contribution in [0.5, 0.6) is 0 Å². The maximum Gasteiger partial charge on any atom is 0.305 e. The van der Waals surface area contributed by atoms with Crippen LogP contribution < -0.4 is 0 Å². The van der Waals surface area contributed by atoms with Crippen LogP contribution in [-0.2, 0) is 33.2 Å². The van der Waals surface area contributed by atoms with E-state index < -0.39 is 0 Å². The van der Waals surface area contributed by atoms with E-state index in [1.165, 1.54) is 109 Å². The monoisotopic (exact) mass is 603 g/mol. The minimum atomic E-state index is -0.115. The highest BCUT2D eigenvalue weighted by Crippen LogP contribution is 2.13. The molecule has 0 N–H and O–H groups in total. The van der Waals surface area contributed by atoms with Gasteiger partial charge in [0, 0.05) is 13.0 Å². The molecule has 0 aliphatic carbocycles. The van der Waals surface area contributed by atoms with Crippen LogP contribution in [0.1, 0.15) is 149 Å². The first-order valence-corrected chi connectivity index (χ1v) is 17.9. The molecule has 0 aliphatic heterocycles. The van der Waals surface area contributed by atoms with Crippen molar-refractivity contribution >= 4 is 5.97 Å². The third-order valence-corrected chi connectivity index (χ3v) is 7.36. The topological polar surface area (TPSA) is 72.5 Å². The second-order valence-corrected chi connectivity index (χ2v) is 11.4. The molecule has 0 aromatic heterocycles. The summed E-state index contributed by atoms with van der Waals surface area (Å²) in [5, 5.41) is 0. The summed E-state index contributed by atoms with van der Waals surface area (Å²) < 4.78 is 32.8. The number of hydrogen-bond acceptors (Lipinski definition) is 7. The molecule has 0 aromatic rings. The number of carbonyl (C=O) groups excluding carboxylic acids is 1. The Labute approximate surface area is 260 Å². The van der Waals surface area contributed by atoms with E-state index in [0.717, 1.165) is 25.9 Å². The fraction of sp³-hybridized carbons (Fsp3) is 0.971. The summed E-state index contributed by atoms with van der Waals surface area (Å²) in [5.74, 6) is -0.115. The number of unbranched alkanes of at least 4 members (excludes halogenated alkanes) is 18. The van der Waals surface area contributed by atoms with Gasteiger partial charge in [-0.2, -0.15) is 0 Å². The smallest absolute Gasteiger partial charge is 0.305 e. The number of rotatable bonds is 37. The van der Waals surface area contributed by atoms with Crippen LogP contribution in [0.15, 0.2) is 0 Å². The van der Waals surface area contributed by atoms with Crippen LogP contribution in [-0.4, -0.2) is 78.6 Å². The van der Waals surface area contributed by atoms with Gasteiger partial charge in [0.05, 0.1) is 59.5 Å². The van der Waals surface area contributed by atoms with Gasteiger partial charge in [-0.05, 0) is 12.8 Å². The molecule has 7 nitrogen and oxygen atoms in total. The quantitative estimate of drug-likeness (QED) is 0.0519. The zero-order valence-corrected chi connectivity index (χ0v) is 28.0. The van der Waals surface area contributed by atoms with E-state index in [2.05, 4.69) is 13.8 Å². The molecule has 0 rings (SSSR count). The molecule has 0 aliphatic rings. The second-order valence-electron chi connectivity index (χ2n) is 11.4. The molecule has 0 heterocycles. The van der Waals surface area contributed by atoms with Gasteiger partial charge in [-0.15, -0.1) is 0 Å². The summed E-state index contributed by atoms with van der Waals surface area (Å²) in [5.41, 5.74) is 0. The maximum atomic E-state index is 11.8. The Morgan fingerprint density at radius 1 is 0.333 bits per heavy atom. The lowest BCUT2D eigenvalue weighted by Gasteiger charge is -2.08. The lowest BCUT2D eigenvalue weighted by Crippen LogP contribution is -2.15. The zero-order chi connectivity index (χ0) is 30.4. The molecule has 0 saturated carbocycles. The first-order chi connectivity index (χ1) is 20.8. The molecule has 0 atom stereocenters. The van der Waals surface area contributed by atoms with Gasteiger partial charge in [0.1, 0.15) is 6.61 Å². The predicted molar refractivity (Wildman–Crippen MR) is 173 cm³/mol. The van der Waals surface area contributed by atoms with Crippen molar-refractivity contribution in [2.45, 2.75) is 149 Å². The minimum Gasteiger partial charge on any atom is -0.463 e. The molecule has 0 amide bonds. The van der Waals surface area contributed by atoms with Crippen LogP contribution in [0, 0.1) is 0 Å². The van der Waals surface area contributed by atoms with Crippen molar-refractivity contribution in [1.29, 1.82) is 0 Å². The standard InChI is InChI=1S/C35H70O7/c1-3-5-7-9-10-11-12-13-14-15-16-17-18-19-21-23-35(36)42-34-33-41-32-31-40-30-29-39-28-27-38-26-25-37-24-22-20-8-6-4-2/h3-34H2,1-2H3. The lowest BCUT2D eigenvalue weighted by molar-refractivity contribution is -0.145. The highest BCUT2D eigenvalue weighted by Gasteiger charge is 2.03. The van der Waals surface area contributed by atoms with Gasteiger partial charge in [0.15, 0.2) is 0 Å². The Bertz CT molecular complexity index is 504. The average molecular weight is 603 g/mol. The van der Waals surface area contributed by atoms with E-state index >= 15 is 0 Å². The van der Waals surface area contributed by atoms with Crippen molar-refractivity contribution in [2.24, 2.45) is 0 Å². The molecule has 7 heteroatoms. The molecule has 0 aromatic carbocycles. The van der Waals surface area contributed by atoms with E-state index in [4.69, 9.17) is 28.4 Å². The Balaban J connectivity index is 3.13. The van der Waals surface area contributed by atoms with Gasteiger partial charge in [-0.3, -0.25) is 4.79 Å². The van der Waals surface area contributed by atoms with Crippen molar-refractivity contribution in [3.63, 3.8) is 0 Å². The summed E-state index contributed by atoms with van der Waals surface area (Å²) in [6, 6.07) is 0. The van der Waals surface area contributed by atoms with Gasteiger partial charge < -0.3 is 28.4 Å². The number of ether oxygens (including phenoxy) is 6. The number of hydrogen-bond donors (Lipinski definition) is 0. The van der Waals surface area contributed by atoms with Crippen molar-refractivity contribution in [3.05, 3.63) is 0 Å². The zero-order valence-electron chi connectivity index (χ0n) is 28.0. The maximum absolute atomic E-state index is 11.8. The lowest BCUT2D eigenvalue weighted by atomic mass is 10.0. The third-order valence-electron chi connectivity index (χ3n) is 7.36. The Morgan fingerprint density at radius 3 is 1.00 bits per heavy atom. The summed E-state index contributed by atoms with van der Waals surface area (Å²) in [4.78, 5) is 11.8. The van der Waals surface area contributed by atoms with Crippen LogP contribution in [0.2, 0.25) is 0 Å². The van der Waals surface area contributed by atoms with Gasteiger partial charge in [0.25, 0.3) is 0 Å². The summed E-state index contributed by atoms with van der Waals surface area (Å²) in [6.45, 7) is 10.5. The van der Waals surface area contributed by atoms with E-state index in [1.807, 2.05) is 0 Å². The normalized spacial score (nSPS) is 11.4. The van der Waals surface area contributed by atoms with Crippen LogP contribution in [0.4, 0.5) is 0 Å². The van der Waals surface area contributed by atoms with Crippen LogP contribution in [0.25, 0.3) is 0 Å². The number of esters is 1. The van der Waals surface area contributed by atoms with Crippen LogP contribution in [0.3, 0.4) is 0 Å². The van der Waals surface area contributed by atoms with Crippen molar-refractivity contribution in [3.8, 4) is 0 Å². The third kappa shape index (κ3) is 37.3. The minimum absolute atomic E-state index is 0.115. The summed E-state index contributed by atoms with van der Waals surface area (Å²) in [6.07, 6.45) is 26.7. The molecular weight excluding hydrogens is 532 g/mol. The van der Waals surface area contributed by atoms with Crippen molar-refractivity contribution in [1.82, 2.24) is 0 Å².